The number of hydrogen-bond donors (Lipinski definition) is 2. The summed E-state index contributed by atoms with van der Waals surface area (Å²) in [5, 5.41) is 32.6. The lowest BCUT2D eigenvalue weighted by Gasteiger charge is -2.07. The molecule has 1 amide bonds. The summed E-state index contributed by atoms with van der Waals surface area (Å²) in [6.07, 6.45) is 1.17. The molecule has 0 bridgehead atoms. The largest absolute Gasteiger partial charge is 0.500 e. The Kier molecular flexibility index (Phi) is 5.93. The van der Waals surface area contributed by atoms with Crippen molar-refractivity contribution in [3.63, 3.8) is 0 Å². The summed E-state index contributed by atoms with van der Waals surface area (Å²) in [5.41, 5.74) is -0.237. The number of nitro groups is 1. The van der Waals surface area contributed by atoms with Crippen LogP contribution in [-0.4, -0.2) is 23.0 Å². The Morgan fingerprint density at radius 3 is 2.73 bits per heavy atom. The number of benzene rings is 2. The van der Waals surface area contributed by atoms with Gasteiger partial charge in [0.2, 0.25) is 5.75 Å². The number of nitriles is 1. The van der Waals surface area contributed by atoms with Gasteiger partial charge in [-0.3, -0.25) is 14.9 Å². The monoisotopic (exact) mass is 417 g/mol. The average Bonchev–Trinajstić information content (AvgIpc) is 2.60. The number of halogens is 1. The van der Waals surface area contributed by atoms with E-state index in [1.807, 2.05) is 0 Å². The summed E-state index contributed by atoms with van der Waals surface area (Å²) >= 11 is 3.27. The Morgan fingerprint density at radius 1 is 1.42 bits per heavy atom. The summed E-state index contributed by atoms with van der Waals surface area (Å²) in [4.78, 5) is 22.5. The Hall–Kier alpha value is -3.38. The number of phenols is 1. The van der Waals surface area contributed by atoms with Gasteiger partial charge in [0, 0.05) is 16.2 Å². The van der Waals surface area contributed by atoms with Gasteiger partial charge in [-0.2, -0.15) is 5.26 Å². The molecule has 132 valence electrons. The van der Waals surface area contributed by atoms with E-state index >= 15 is 0 Å². The molecule has 0 unspecified atom stereocenters. The maximum absolute atomic E-state index is 12.3. The molecule has 2 rings (SSSR count). The van der Waals surface area contributed by atoms with Crippen LogP contribution in [0.4, 0.5) is 11.4 Å². The van der Waals surface area contributed by atoms with Gasteiger partial charge in [0.25, 0.3) is 5.91 Å². The molecule has 2 aromatic rings. The highest BCUT2D eigenvalue weighted by atomic mass is 79.9. The van der Waals surface area contributed by atoms with Gasteiger partial charge in [0.05, 0.1) is 12.0 Å². The third-order valence-corrected chi connectivity index (χ3v) is 3.75. The zero-order valence-electron chi connectivity index (χ0n) is 13.4. The first kappa shape index (κ1) is 19.0. The highest BCUT2D eigenvalue weighted by Crippen LogP contribution is 2.37. The topological polar surface area (TPSA) is 125 Å². The maximum atomic E-state index is 12.3. The van der Waals surface area contributed by atoms with Gasteiger partial charge in [-0.1, -0.05) is 22.0 Å². The molecular formula is C17H12BrN3O5. The van der Waals surface area contributed by atoms with Gasteiger partial charge in [-0.05, 0) is 35.9 Å². The van der Waals surface area contributed by atoms with E-state index in [4.69, 9.17) is 4.74 Å². The smallest absolute Gasteiger partial charge is 0.315 e. The standard InChI is InChI=1S/C17H12BrN3O5/c1-26-15-7-10(6-14(16(15)22)21(24)25)5-11(9-19)17(23)20-13-4-2-3-12(18)8-13/h2-8,22H,1H3,(H,20,23)/b11-5+. The van der Waals surface area contributed by atoms with Gasteiger partial charge in [0.15, 0.2) is 5.75 Å². The highest BCUT2D eigenvalue weighted by molar-refractivity contribution is 9.10. The fourth-order valence-corrected chi connectivity index (χ4v) is 2.47. The molecule has 0 fully saturated rings. The number of phenolic OH excluding ortho intramolecular Hbond substituents is 1. The van der Waals surface area contributed by atoms with Gasteiger partial charge in [-0.15, -0.1) is 0 Å². The highest BCUT2D eigenvalue weighted by Gasteiger charge is 2.20. The second-order valence-corrected chi connectivity index (χ2v) is 5.90. The summed E-state index contributed by atoms with van der Waals surface area (Å²) < 4.78 is 5.64. The predicted octanol–water partition coefficient (Wildman–Crippen LogP) is 3.62. The molecule has 0 aromatic heterocycles. The zero-order chi connectivity index (χ0) is 19.3. The van der Waals surface area contributed by atoms with Crippen molar-refractivity contribution < 1.29 is 19.6 Å². The maximum Gasteiger partial charge on any atom is 0.315 e. The first-order chi connectivity index (χ1) is 12.3. The molecule has 2 N–H and O–H groups in total. The number of amides is 1. The normalized spacial score (nSPS) is 10.7. The Bertz CT molecular complexity index is 950. The molecule has 0 aliphatic carbocycles. The lowest BCUT2D eigenvalue weighted by atomic mass is 10.1. The first-order valence-electron chi connectivity index (χ1n) is 7.09. The van der Waals surface area contributed by atoms with Crippen molar-refractivity contribution in [1.82, 2.24) is 0 Å². The number of hydrogen-bond acceptors (Lipinski definition) is 6. The minimum atomic E-state index is -0.789. The number of nitrogens with one attached hydrogen (secondary N) is 1. The summed E-state index contributed by atoms with van der Waals surface area (Å²) in [7, 11) is 1.23. The van der Waals surface area contributed by atoms with Crippen LogP contribution < -0.4 is 10.1 Å². The van der Waals surface area contributed by atoms with Crippen molar-refractivity contribution in [3.05, 3.63) is 62.1 Å². The number of nitrogens with zero attached hydrogens (tertiary/aromatic N) is 2. The fourth-order valence-electron chi connectivity index (χ4n) is 2.07. The molecular weight excluding hydrogens is 406 g/mol. The molecule has 2 aromatic carbocycles. The van der Waals surface area contributed by atoms with Gasteiger partial charge >= 0.3 is 5.69 Å². The lowest BCUT2D eigenvalue weighted by Crippen LogP contribution is -2.13. The zero-order valence-corrected chi connectivity index (χ0v) is 15.0. The van der Waals surface area contributed by atoms with Crippen LogP contribution in [0, 0.1) is 21.4 Å². The number of carbonyl (C=O) groups excluding carboxylic acids is 1. The van der Waals surface area contributed by atoms with E-state index in [1.54, 1.807) is 30.3 Å². The number of aromatic hydroxyl groups is 1. The number of methoxy groups -OCH3 is 1. The van der Waals surface area contributed by atoms with Crippen molar-refractivity contribution in [3.8, 4) is 17.6 Å². The van der Waals surface area contributed by atoms with E-state index in [-0.39, 0.29) is 16.9 Å². The van der Waals surface area contributed by atoms with Crippen LogP contribution in [0.25, 0.3) is 6.08 Å². The first-order valence-corrected chi connectivity index (χ1v) is 7.89. The summed E-state index contributed by atoms with van der Waals surface area (Å²) in [6, 6.07) is 10.9. The van der Waals surface area contributed by atoms with Crippen molar-refractivity contribution in [2.24, 2.45) is 0 Å². The summed E-state index contributed by atoms with van der Waals surface area (Å²) in [6.45, 7) is 0. The number of anilines is 1. The molecule has 0 atom stereocenters. The van der Waals surface area contributed by atoms with Gasteiger partial charge in [-0.25, -0.2) is 0 Å². The van der Waals surface area contributed by atoms with E-state index in [1.165, 1.54) is 19.3 Å². The molecule has 0 aliphatic heterocycles. The molecule has 0 saturated heterocycles. The van der Waals surface area contributed by atoms with Crippen LogP contribution in [-0.2, 0) is 4.79 Å². The van der Waals surface area contributed by atoms with E-state index < -0.39 is 22.3 Å². The molecule has 9 heteroatoms. The second kappa shape index (κ2) is 8.13. The quantitative estimate of drug-likeness (QED) is 0.331. The van der Waals surface area contributed by atoms with Crippen LogP contribution in [0.15, 0.2) is 46.4 Å². The third kappa shape index (κ3) is 4.37. The Morgan fingerprint density at radius 2 is 2.15 bits per heavy atom. The third-order valence-electron chi connectivity index (χ3n) is 3.25. The minimum Gasteiger partial charge on any atom is -0.500 e. The fraction of sp³-hybridized carbons (Fsp3) is 0.0588. The molecule has 0 aliphatic rings. The predicted molar refractivity (Wildman–Crippen MR) is 97.7 cm³/mol. The van der Waals surface area contributed by atoms with Crippen LogP contribution in [0.5, 0.6) is 11.5 Å². The molecule has 0 heterocycles. The average molecular weight is 418 g/mol. The van der Waals surface area contributed by atoms with Crippen molar-refractivity contribution in [1.29, 1.82) is 5.26 Å². The van der Waals surface area contributed by atoms with Crippen LogP contribution in [0.3, 0.4) is 0 Å². The second-order valence-electron chi connectivity index (χ2n) is 4.98. The van der Waals surface area contributed by atoms with E-state index in [9.17, 15) is 25.3 Å². The van der Waals surface area contributed by atoms with Crippen molar-refractivity contribution >= 4 is 39.3 Å². The molecule has 8 nitrogen and oxygen atoms in total. The Balaban J connectivity index is 2.39. The van der Waals surface area contributed by atoms with Crippen molar-refractivity contribution in [2.75, 3.05) is 12.4 Å². The SMILES string of the molecule is COc1cc(/C=C(\C#N)C(=O)Nc2cccc(Br)c2)cc([N+](=O)[O-])c1O. The molecule has 0 radical (unpaired) electrons. The van der Waals surface area contributed by atoms with Crippen LogP contribution in [0.2, 0.25) is 0 Å². The van der Waals surface area contributed by atoms with E-state index in [0.717, 1.165) is 10.5 Å². The van der Waals surface area contributed by atoms with Crippen LogP contribution >= 0.6 is 15.9 Å². The van der Waals surface area contributed by atoms with Gasteiger partial charge < -0.3 is 15.2 Å². The molecule has 26 heavy (non-hydrogen) atoms. The number of ether oxygens (including phenoxy) is 1. The minimum absolute atomic E-state index is 0.143. The number of carbonyl (C=O) groups is 1. The van der Waals surface area contributed by atoms with E-state index in [2.05, 4.69) is 21.2 Å². The lowest BCUT2D eigenvalue weighted by molar-refractivity contribution is -0.386. The molecule has 0 spiro atoms. The number of rotatable bonds is 5. The summed E-state index contributed by atoms with van der Waals surface area (Å²) in [5.74, 6) is -1.46. The van der Waals surface area contributed by atoms with Crippen molar-refractivity contribution in [2.45, 2.75) is 0 Å². The number of nitro benzene ring substituents is 1. The van der Waals surface area contributed by atoms with Crippen LogP contribution in [0.1, 0.15) is 5.56 Å². The Labute approximate surface area is 156 Å². The van der Waals surface area contributed by atoms with E-state index in [0.29, 0.717) is 5.69 Å². The van der Waals surface area contributed by atoms with Gasteiger partial charge in [0.1, 0.15) is 11.6 Å². The molecule has 0 saturated carbocycles.